The molecule has 21 heavy (non-hydrogen) atoms. The SMILES string of the molecule is CC(C)CC(C)C.CC(C)CC(C)C.CC(C)CC(C)C. The van der Waals surface area contributed by atoms with Gasteiger partial charge < -0.3 is 0 Å². The highest BCUT2D eigenvalue weighted by molar-refractivity contribution is 4.48. The lowest BCUT2D eigenvalue weighted by Gasteiger charge is -2.05. The quantitative estimate of drug-likeness (QED) is 0.465. The Kier molecular flexibility index (Phi) is 20.2. The molecule has 0 N–H and O–H groups in total. The van der Waals surface area contributed by atoms with Gasteiger partial charge in [0, 0.05) is 0 Å². The normalized spacial score (nSPS) is 11.1. The van der Waals surface area contributed by atoms with Crippen molar-refractivity contribution < 1.29 is 0 Å². The molecule has 0 spiro atoms. The van der Waals surface area contributed by atoms with E-state index in [1.54, 1.807) is 0 Å². The van der Waals surface area contributed by atoms with Gasteiger partial charge >= 0.3 is 0 Å². The van der Waals surface area contributed by atoms with Crippen molar-refractivity contribution in [1.29, 1.82) is 0 Å². The van der Waals surface area contributed by atoms with Crippen LogP contribution in [0.5, 0.6) is 0 Å². The zero-order valence-electron chi connectivity index (χ0n) is 17.6. The van der Waals surface area contributed by atoms with Gasteiger partial charge in [0.25, 0.3) is 0 Å². The van der Waals surface area contributed by atoms with Crippen molar-refractivity contribution in [3.8, 4) is 0 Å². The molecule has 0 aliphatic carbocycles. The molecular formula is C21H48. The third-order valence-corrected chi connectivity index (χ3v) is 2.83. The average molecular weight is 301 g/mol. The second kappa shape index (κ2) is 16.4. The van der Waals surface area contributed by atoms with E-state index in [0.717, 1.165) is 35.5 Å². The molecule has 0 atom stereocenters. The van der Waals surface area contributed by atoms with Crippen molar-refractivity contribution in [2.75, 3.05) is 0 Å². The molecule has 0 unspecified atom stereocenters. The predicted octanol–water partition coefficient (Wildman–Crippen LogP) is 8.07. The average Bonchev–Trinajstić information content (AvgIpc) is 2.10. The fraction of sp³-hybridized carbons (Fsp3) is 1.00. The Morgan fingerprint density at radius 1 is 0.286 bits per heavy atom. The summed E-state index contributed by atoms with van der Waals surface area (Å²) in [6.45, 7) is 27.2. The number of hydrogen-bond donors (Lipinski definition) is 0. The highest BCUT2D eigenvalue weighted by Crippen LogP contribution is 2.09. The molecule has 0 saturated carbocycles. The lowest BCUT2D eigenvalue weighted by atomic mass is 10.0. The molecule has 0 aliphatic heterocycles. The van der Waals surface area contributed by atoms with Gasteiger partial charge in [-0.05, 0) is 54.8 Å². The molecule has 0 amide bonds. The van der Waals surface area contributed by atoms with Gasteiger partial charge in [0.1, 0.15) is 0 Å². The van der Waals surface area contributed by atoms with Crippen molar-refractivity contribution >= 4 is 0 Å². The molecule has 0 radical (unpaired) electrons. The van der Waals surface area contributed by atoms with Crippen LogP contribution in [0.4, 0.5) is 0 Å². The van der Waals surface area contributed by atoms with E-state index >= 15 is 0 Å². The highest BCUT2D eigenvalue weighted by Gasteiger charge is 1.96. The monoisotopic (exact) mass is 300 g/mol. The van der Waals surface area contributed by atoms with Crippen LogP contribution >= 0.6 is 0 Å². The Balaban J connectivity index is -0.000000231. The molecule has 0 heteroatoms. The van der Waals surface area contributed by atoms with Crippen LogP contribution in [0.25, 0.3) is 0 Å². The Labute approximate surface area is 138 Å². The van der Waals surface area contributed by atoms with Crippen LogP contribution in [0.3, 0.4) is 0 Å². The van der Waals surface area contributed by atoms with Crippen LogP contribution in [0, 0.1) is 35.5 Å². The topological polar surface area (TPSA) is 0 Å². The summed E-state index contributed by atoms with van der Waals surface area (Å²) in [7, 11) is 0. The molecule has 0 fully saturated rings. The van der Waals surface area contributed by atoms with Crippen molar-refractivity contribution in [3.05, 3.63) is 0 Å². The van der Waals surface area contributed by atoms with Gasteiger partial charge in [0.05, 0.1) is 0 Å². The van der Waals surface area contributed by atoms with Gasteiger partial charge in [0.2, 0.25) is 0 Å². The first-order valence-electron chi connectivity index (χ1n) is 9.38. The molecule has 0 bridgehead atoms. The first-order valence-corrected chi connectivity index (χ1v) is 9.38. The Morgan fingerprint density at radius 2 is 0.381 bits per heavy atom. The van der Waals surface area contributed by atoms with E-state index in [9.17, 15) is 0 Å². The maximum atomic E-state index is 2.26. The zero-order chi connectivity index (χ0) is 17.6. The summed E-state index contributed by atoms with van der Waals surface area (Å²) < 4.78 is 0. The maximum absolute atomic E-state index is 2.26. The molecular weight excluding hydrogens is 252 g/mol. The minimum atomic E-state index is 0.875. The molecule has 0 rings (SSSR count). The summed E-state index contributed by atoms with van der Waals surface area (Å²) in [6, 6.07) is 0. The fourth-order valence-corrected chi connectivity index (χ4v) is 2.83. The number of rotatable bonds is 6. The van der Waals surface area contributed by atoms with Gasteiger partial charge in [-0.3, -0.25) is 0 Å². The first-order chi connectivity index (χ1) is 9.38. The van der Waals surface area contributed by atoms with Crippen LogP contribution < -0.4 is 0 Å². The molecule has 0 nitrogen and oxygen atoms in total. The van der Waals surface area contributed by atoms with Gasteiger partial charge in [-0.25, -0.2) is 0 Å². The molecule has 0 aromatic carbocycles. The largest absolute Gasteiger partial charge is 0.0628 e. The fourth-order valence-electron chi connectivity index (χ4n) is 2.83. The van der Waals surface area contributed by atoms with Crippen LogP contribution in [-0.2, 0) is 0 Å². The van der Waals surface area contributed by atoms with E-state index in [2.05, 4.69) is 83.1 Å². The van der Waals surface area contributed by atoms with Crippen molar-refractivity contribution in [3.63, 3.8) is 0 Å². The van der Waals surface area contributed by atoms with Crippen LogP contribution in [0.15, 0.2) is 0 Å². The van der Waals surface area contributed by atoms with Gasteiger partial charge in [0.15, 0.2) is 0 Å². The lowest BCUT2D eigenvalue weighted by molar-refractivity contribution is 0.469. The van der Waals surface area contributed by atoms with Crippen LogP contribution in [0.2, 0.25) is 0 Å². The van der Waals surface area contributed by atoms with Crippen LogP contribution in [0.1, 0.15) is 102 Å². The molecule has 0 aliphatic rings. The summed E-state index contributed by atoms with van der Waals surface area (Å²) in [5.74, 6) is 5.25. The smallest absolute Gasteiger partial charge is 0.0469 e. The lowest BCUT2D eigenvalue weighted by Crippen LogP contribution is -1.93. The maximum Gasteiger partial charge on any atom is -0.0469 e. The Morgan fingerprint density at radius 3 is 0.381 bits per heavy atom. The third-order valence-electron chi connectivity index (χ3n) is 2.83. The molecule has 0 aromatic rings. The molecule has 0 saturated heterocycles. The molecule has 0 aromatic heterocycles. The first kappa shape index (κ1) is 25.9. The highest BCUT2D eigenvalue weighted by atomic mass is 14.0. The summed E-state index contributed by atoms with van der Waals surface area (Å²) >= 11 is 0. The number of hydrogen-bond acceptors (Lipinski definition) is 0. The van der Waals surface area contributed by atoms with Crippen molar-refractivity contribution in [2.24, 2.45) is 35.5 Å². The van der Waals surface area contributed by atoms with Gasteiger partial charge in [-0.1, -0.05) is 83.1 Å². The standard InChI is InChI=1S/3C7H16/c3*1-6(2)5-7(3)4/h3*6-7H,5H2,1-4H3. The Bertz CT molecular complexity index is 121. The predicted molar refractivity (Wildman–Crippen MR) is 103 cm³/mol. The second-order valence-electron chi connectivity index (χ2n) is 9.07. The van der Waals surface area contributed by atoms with E-state index in [-0.39, 0.29) is 0 Å². The summed E-state index contributed by atoms with van der Waals surface area (Å²) in [4.78, 5) is 0. The van der Waals surface area contributed by atoms with E-state index in [1.165, 1.54) is 19.3 Å². The van der Waals surface area contributed by atoms with E-state index in [4.69, 9.17) is 0 Å². The third kappa shape index (κ3) is 45.0. The van der Waals surface area contributed by atoms with E-state index in [1.807, 2.05) is 0 Å². The molecule has 132 valence electrons. The van der Waals surface area contributed by atoms with Gasteiger partial charge in [-0.2, -0.15) is 0 Å². The molecule has 0 heterocycles. The minimum absolute atomic E-state index is 0.875. The second-order valence-corrected chi connectivity index (χ2v) is 9.07. The van der Waals surface area contributed by atoms with Gasteiger partial charge in [-0.15, -0.1) is 0 Å². The summed E-state index contributed by atoms with van der Waals surface area (Å²) in [5, 5.41) is 0. The van der Waals surface area contributed by atoms with Crippen LogP contribution in [-0.4, -0.2) is 0 Å². The summed E-state index contributed by atoms with van der Waals surface area (Å²) in [6.07, 6.45) is 4.08. The summed E-state index contributed by atoms with van der Waals surface area (Å²) in [5.41, 5.74) is 0. The van der Waals surface area contributed by atoms with Crippen molar-refractivity contribution in [2.45, 2.75) is 102 Å². The minimum Gasteiger partial charge on any atom is -0.0628 e. The Hall–Kier alpha value is 0. The van der Waals surface area contributed by atoms with E-state index in [0.29, 0.717) is 0 Å². The zero-order valence-corrected chi connectivity index (χ0v) is 17.6. The van der Waals surface area contributed by atoms with E-state index < -0.39 is 0 Å². The van der Waals surface area contributed by atoms with Crippen molar-refractivity contribution in [1.82, 2.24) is 0 Å².